The second-order valence-corrected chi connectivity index (χ2v) is 13.5. The maximum Gasteiger partial charge on any atom is 0.287 e. The lowest BCUT2D eigenvalue weighted by Gasteiger charge is -2.36. The first-order chi connectivity index (χ1) is 21.5. The third-order valence-corrected chi connectivity index (χ3v) is 9.96. The van der Waals surface area contributed by atoms with Crippen LogP contribution >= 0.6 is 0 Å². The number of primary amides is 1. The molecule has 1 aromatic carbocycles. The van der Waals surface area contributed by atoms with E-state index in [2.05, 4.69) is 16.0 Å². The largest absolute Gasteiger partial charge is 0.363 e. The minimum absolute atomic E-state index is 0.0285. The van der Waals surface area contributed by atoms with Crippen LogP contribution in [-0.4, -0.2) is 64.9 Å². The zero-order valence-electron chi connectivity index (χ0n) is 26.8. The van der Waals surface area contributed by atoms with Crippen LogP contribution in [0.3, 0.4) is 0 Å². The first kappa shape index (κ1) is 34.1. The zero-order chi connectivity index (χ0) is 32.7. The smallest absolute Gasteiger partial charge is 0.287 e. The molecule has 1 aliphatic heterocycles. The second kappa shape index (κ2) is 15.5. The average Bonchev–Trinajstić information content (AvgIpc) is 3.46. The number of amides is 5. The predicted octanol–water partition coefficient (Wildman–Crippen LogP) is 2.53. The molecule has 0 spiro atoms. The number of rotatable bonds is 13. The number of ketones is 1. The lowest BCUT2D eigenvalue weighted by molar-refractivity contribution is -0.144. The van der Waals surface area contributed by atoms with Crippen LogP contribution in [0.25, 0.3) is 0 Å². The Morgan fingerprint density at radius 3 is 2.09 bits per heavy atom. The van der Waals surface area contributed by atoms with Crippen LogP contribution in [0.2, 0.25) is 0 Å². The average molecular weight is 624 g/mol. The van der Waals surface area contributed by atoms with E-state index < -0.39 is 47.7 Å². The van der Waals surface area contributed by atoms with E-state index in [0.717, 1.165) is 51.4 Å². The van der Waals surface area contributed by atoms with Crippen LogP contribution in [0.5, 0.6) is 0 Å². The fourth-order valence-corrected chi connectivity index (χ4v) is 6.99. The van der Waals surface area contributed by atoms with E-state index in [0.29, 0.717) is 24.9 Å². The van der Waals surface area contributed by atoms with Crippen LogP contribution in [-0.2, 0) is 28.8 Å². The Morgan fingerprint density at radius 2 is 1.53 bits per heavy atom. The predicted molar refractivity (Wildman–Crippen MR) is 168 cm³/mol. The molecule has 11 heteroatoms. The summed E-state index contributed by atoms with van der Waals surface area (Å²) >= 11 is 0. The van der Waals surface area contributed by atoms with Gasteiger partial charge in [-0.15, -0.1) is 0 Å². The number of nitrogens with zero attached hydrogens (tertiary/aromatic N) is 1. The van der Waals surface area contributed by atoms with Gasteiger partial charge in [-0.25, -0.2) is 0 Å². The van der Waals surface area contributed by atoms with Gasteiger partial charge in [0.2, 0.25) is 29.4 Å². The molecule has 1 saturated heterocycles. The maximum absolute atomic E-state index is 14.5. The Morgan fingerprint density at radius 1 is 0.867 bits per heavy atom. The van der Waals surface area contributed by atoms with Crippen molar-refractivity contribution in [3.63, 3.8) is 0 Å². The highest BCUT2D eigenvalue weighted by Crippen LogP contribution is 2.34. The number of benzene rings is 1. The van der Waals surface area contributed by atoms with Crippen molar-refractivity contribution in [1.29, 1.82) is 0 Å². The van der Waals surface area contributed by atoms with Gasteiger partial charge in [0, 0.05) is 13.5 Å². The molecule has 5 N–H and O–H groups in total. The first-order valence-corrected chi connectivity index (χ1v) is 16.5. The fraction of sp³-hybridized carbons (Fsp3) is 0.647. The Kier molecular flexibility index (Phi) is 11.7. The summed E-state index contributed by atoms with van der Waals surface area (Å²) in [5.74, 6) is -3.31. The van der Waals surface area contributed by atoms with Gasteiger partial charge in [0.25, 0.3) is 5.91 Å². The Labute approximate surface area is 265 Å². The molecular formula is C34H49N5O6. The van der Waals surface area contributed by atoms with Crippen LogP contribution in [0.15, 0.2) is 30.3 Å². The van der Waals surface area contributed by atoms with Gasteiger partial charge < -0.3 is 26.6 Å². The summed E-state index contributed by atoms with van der Waals surface area (Å²) in [7, 11) is 0. The summed E-state index contributed by atoms with van der Waals surface area (Å²) in [5, 5.41) is 8.50. The van der Waals surface area contributed by atoms with Crippen molar-refractivity contribution in [2.45, 2.75) is 109 Å². The second-order valence-electron chi connectivity index (χ2n) is 13.5. The summed E-state index contributed by atoms with van der Waals surface area (Å²) in [6.07, 6.45) is 8.03. The molecule has 246 valence electrons. The topological polar surface area (TPSA) is 168 Å². The molecule has 1 aromatic rings. The highest BCUT2D eigenvalue weighted by atomic mass is 16.2. The molecule has 1 heterocycles. The number of nitrogens with one attached hydrogen (secondary N) is 3. The van der Waals surface area contributed by atoms with Crippen molar-refractivity contribution in [3.8, 4) is 0 Å². The summed E-state index contributed by atoms with van der Waals surface area (Å²) in [6, 6.07) is 5.10. The molecule has 0 aromatic heterocycles. The van der Waals surface area contributed by atoms with E-state index in [1.54, 1.807) is 29.2 Å². The van der Waals surface area contributed by atoms with E-state index in [1.807, 2.05) is 19.9 Å². The zero-order valence-corrected chi connectivity index (χ0v) is 26.8. The van der Waals surface area contributed by atoms with Crippen molar-refractivity contribution in [3.05, 3.63) is 35.9 Å². The number of Topliss-reactive ketones (excluding diaryl/α,β-unsaturated/α-hetero) is 1. The molecular weight excluding hydrogens is 574 g/mol. The molecule has 5 atom stereocenters. The molecule has 2 saturated carbocycles. The van der Waals surface area contributed by atoms with Gasteiger partial charge in [0.05, 0.1) is 6.04 Å². The molecule has 0 bridgehead atoms. The van der Waals surface area contributed by atoms with Gasteiger partial charge in [-0.3, -0.25) is 28.8 Å². The van der Waals surface area contributed by atoms with Gasteiger partial charge in [0.15, 0.2) is 0 Å². The van der Waals surface area contributed by atoms with Crippen molar-refractivity contribution < 1.29 is 28.8 Å². The third kappa shape index (κ3) is 8.70. The number of hydrogen-bond donors (Lipinski definition) is 4. The molecule has 4 rings (SSSR count). The van der Waals surface area contributed by atoms with Crippen molar-refractivity contribution in [1.82, 2.24) is 20.9 Å². The Bertz CT molecular complexity index is 1240. The Balaban J connectivity index is 1.60. The lowest BCUT2D eigenvalue weighted by Crippen LogP contribution is -2.59. The van der Waals surface area contributed by atoms with Crippen molar-refractivity contribution in [2.75, 3.05) is 6.54 Å². The normalized spacial score (nSPS) is 22.5. The van der Waals surface area contributed by atoms with E-state index in [1.165, 1.54) is 6.92 Å². The first-order valence-electron chi connectivity index (χ1n) is 16.5. The van der Waals surface area contributed by atoms with E-state index in [9.17, 15) is 28.8 Å². The van der Waals surface area contributed by atoms with Crippen molar-refractivity contribution >= 4 is 35.3 Å². The lowest BCUT2D eigenvalue weighted by atomic mass is 9.80. The molecule has 2 aliphatic carbocycles. The number of likely N-dealkylation sites (tertiary alicyclic amines) is 1. The summed E-state index contributed by atoms with van der Waals surface area (Å²) < 4.78 is 0. The molecule has 5 amide bonds. The molecule has 45 heavy (non-hydrogen) atoms. The monoisotopic (exact) mass is 623 g/mol. The highest BCUT2D eigenvalue weighted by Gasteiger charge is 2.46. The van der Waals surface area contributed by atoms with Gasteiger partial charge in [-0.2, -0.15) is 0 Å². The van der Waals surface area contributed by atoms with E-state index in [4.69, 9.17) is 5.73 Å². The quantitative estimate of drug-likeness (QED) is 0.246. The highest BCUT2D eigenvalue weighted by molar-refractivity contribution is 6.37. The van der Waals surface area contributed by atoms with Gasteiger partial charge in [-0.05, 0) is 54.9 Å². The SMILES string of the molecule is CC(=O)N[C@H](C(=O)N[C@H](C(=O)N1C[C@H](C(C)C)C[C@H]1C(=O)NC(CC1CCC1)C(=O)C(N)=O)C1CCCCC1)c1ccccc1. The van der Waals surface area contributed by atoms with Gasteiger partial charge in [-0.1, -0.05) is 82.7 Å². The maximum atomic E-state index is 14.5. The van der Waals surface area contributed by atoms with E-state index in [-0.39, 0.29) is 35.5 Å². The number of carbonyl (C=O) groups is 6. The van der Waals surface area contributed by atoms with Crippen LogP contribution < -0.4 is 21.7 Å². The standard InChI is InChI=1S/C34H49N5O6/c1-20(2)25-18-27(32(43)37-26(30(41)31(35)42)17-22-11-10-12-22)39(19-25)34(45)29(24-15-8-5-9-16-24)38-33(44)28(36-21(3)40)23-13-6-4-7-14-23/h4,6-7,13-14,20,22,24-29H,5,8-12,15-19H2,1-3H3,(H2,35,42)(H,36,40)(H,37,43)(H,38,44)/t25-,26?,27+,28+,29+/m1/s1. The molecule has 1 unspecified atom stereocenters. The third-order valence-electron chi connectivity index (χ3n) is 9.96. The molecule has 3 fully saturated rings. The van der Waals surface area contributed by atoms with Crippen LogP contribution in [0.4, 0.5) is 0 Å². The molecule has 11 nitrogen and oxygen atoms in total. The number of hydrogen-bond acceptors (Lipinski definition) is 6. The van der Waals surface area contributed by atoms with Gasteiger partial charge in [0.1, 0.15) is 18.1 Å². The van der Waals surface area contributed by atoms with Crippen molar-refractivity contribution in [2.24, 2.45) is 29.4 Å². The van der Waals surface area contributed by atoms with E-state index >= 15 is 0 Å². The fourth-order valence-electron chi connectivity index (χ4n) is 6.99. The van der Waals surface area contributed by atoms with Crippen LogP contribution in [0, 0.1) is 23.7 Å². The summed E-state index contributed by atoms with van der Waals surface area (Å²) in [6.45, 7) is 5.76. The summed E-state index contributed by atoms with van der Waals surface area (Å²) in [5.41, 5.74) is 5.93. The minimum atomic E-state index is -1.09. The summed E-state index contributed by atoms with van der Waals surface area (Å²) in [4.78, 5) is 80.3. The van der Waals surface area contributed by atoms with Crippen LogP contribution in [0.1, 0.15) is 96.6 Å². The minimum Gasteiger partial charge on any atom is -0.363 e. The number of carbonyl (C=O) groups excluding carboxylic acids is 6. The van der Waals surface area contributed by atoms with Gasteiger partial charge >= 0.3 is 0 Å². The molecule has 0 radical (unpaired) electrons. The Hall–Kier alpha value is -3.76. The number of nitrogens with two attached hydrogens (primary N) is 1. The molecule has 3 aliphatic rings.